The van der Waals surface area contributed by atoms with E-state index < -0.39 is 29.7 Å². The maximum absolute atomic E-state index is 13.4. The third-order valence-electron chi connectivity index (χ3n) is 2.36. The van der Waals surface area contributed by atoms with E-state index in [0.29, 0.717) is 6.07 Å². The Morgan fingerprint density at radius 3 is 2.70 bits per heavy atom. The molecule has 20 heavy (non-hydrogen) atoms. The van der Waals surface area contributed by atoms with Crippen LogP contribution in [0.2, 0.25) is 0 Å². The molecule has 0 aromatic heterocycles. The standard InChI is InChI=1S/C13H13F2NO4/c1-2-5-20-13(19)16-11(12(17)18)6-8-3-4-9(14)7-10(8)15/h2-4,7,11H,1,5-6H2,(H,16,19)(H,17,18). The summed E-state index contributed by atoms with van der Waals surface area (Å²) in [6.45, 7) is 3.25. The Kier molecular flexibility index (Phi) is 5.64. The zero-order chi connectivity index (χ0) is 15.1. The van der Waals surface area contributed by atoms with Gasteiger partial charge < -0.3 is 15.2 Å². The van der Waals surface area contributed by atoms with E-state index in [-0.39, 0.29) is 18.6 Å². The predicted octanol–water partition coefficient (Wildman–Crippen LogP) is 1.87. The molecule has 0 spiro atoms. The molecule has 0 radical (unpaired) electrons. The quantitative estimate of drug-likeness (QED) is 0.782. The number of alkyl carbamates (subject to hydrolysis) is 1. The second kappa shape index (κ2) is 7.22. The molecule has 1 amide bonds. The second-order valence-electron chi connectivity index (χ2n) is 3.86. The summed E-state index contributed by atoms with van der Waals surface area (Å²) in [5, 5.41) is 11.0. The molecule has 108 valence electrons. The molecule has 0 heterocycles. The number of hydrogen-bond acceptors (Lipinski definition) is 3. The first-order valence-corrected chi connectivity index (χ1v) is 5.65. The number of carboxylic acids is 1. The van der Waals surface area contributed by atoms with Crippen LogP contribution in [0.25, 0.3) is 0 Å². The smallest absolute Gasteiger partial charge is 0.408 e. The summed E-state index contributed by atoms with van der Waals surface area (Å²) < 4.78 is 30.7. The Hall–Kier alpha value is -2.44. The van der Waals surface area contributed by atoms with Crippen LogP contribution < -0.4 is 5.32 Å². The van der Waals surface area contributed by atoms with Gasteiger partial charge in [-0.15, -0.1) is 0 Å². The summed E-state index contributed by atoms with van der Waals surface area (Å²) in [5.41, 5.74) is -0.0252. The lowest BCUT2D eigenvalue weighted by Crippen LogP contribution is -2.42. The lowest BCUT2D eigenvalue weighted by atomic mass is 10.1. The van der Waals surface area contributed by atoms with Crippen molar-refractivity contribution in [3.8, 4) is 0 Å². The van der Waals surface area contributed by atoms with Crippen LogP contribution in [-0.4, -0.2) is 29.8 Å². The van der Waals surface area contributed by atoms with E-state index in [1.807, 2.05) is 0 Å². The number of halogens is 2. The van der Waals surface area contributed by atoms with Gasteiger partial charge in [-0.3, -0.25) is 0 Å². The monoisotopic (exact) mass is 285 g/mol. The molecule has 5 nitrogen and oxygen atoms in total. The van der Waals surface area contributed by atoms with E-state index in [4.69, 9.17) is 5.11 Å². The summed E-state index contributed by atoms with van der Waals surface area (Å²) in [6, 6.07) is 1.39. The third kappa shape index (κ3) is 4.68. The van der Waals surface area contributed by atoms with Crippen molar-refractivity contribution >= 4 is 12.1 Å². The molecule has 1 unspecified atom stereocenters. The highest BCUT2D eigenvalue weighted by Gasteiger charge is 2.22. The fourth-order valence-corrected chi connectivity index (χ4v) is 1.43. The molecule has 0 aliphatic rings. The van der Waals surface area contributed by atoms with Crippen molar-refractivity contribution in [3.63, 3.8) is 0 Å². The number of aliphatic carboxylic acids is 1. The predicted molar refractivity (Wildman–Crippen MR) is 66.2 cm³/mol. The average Bonchev–Trinajstić information content (AvgIpc) is 2.38. The number of carboxylic acid groups (broad SMARTS) is 1. The van der Waals surface area contributed by atoms with E-state index in [1.54, 1.807) is 0 Å². The summed E-state index contributed by atoms with van der Waals surface area (Å²) in [7, 11) is 0. The van der Waals surface area contributed by atoms with Crippen molar-refractivity contribution in [2.45, 2.75) is 12.5 Å². The number of nitrogens with one attached hydrogen (secondary N) is 1. The Morgan fingerprint density at radius 1 is 1.45 bits per heavy atom. The Balaban J connectivity index is 2.74. The molecule has 0 aliphatic heterocycles. The molecule has 0 fully saturated rings. The van der Waals surface area contributed by atoms with Gasteiger partial charge in [-0.05, 0) is 11.6 Å². The number of ether oxygens (including phenoxy) is 1. The molecule has 2 N–H and O–H groups in total. The van der Waals surface area contributed by atoms with Crippen LogP contribution in [-0.2, 0) is 16.0 Å². The van der Waals surface area contributed by atoms with Crippen LogP contribution in [0.4, 0.5) is 13.6 Å². The molecular weight excluding hydrogens is 272 g/mol. The normalized spacial score (nSPS) is 11.5. The largest absolute Gasteiger partial charge is 0.480 e. The minimum absolute atomic E-state index is 0.0252. The number of benzene rings is 1. The molecule has 7 heteroatoms. The minimum Gasteiger partial charge on any atom is -0.480 e. The number of carbonyl (C=O) groups is 2. The average molecular weight is 285 g/mol. The molecule has 0 saturated heterocycles. The summed E-state index contributed by atoms with van der Waals surface area (Å²) >= 11 is 0. The number of amides is 1. The number of rotatable bonds is 6. The maximum atomic E-state index is 13.4. The minimum atomic E-state index is -1.38. The van der Waals surface area contributed by atoms with Gasteiger partial charge in [0.05, 0.1) is 0 Å². The topological polar surface area (TPSA) is 75.6 Å². The first kappa shape index (κ1) is 15.6. The van der Waals surface area contributed by atoms with Gasteiger partial charge in [0.2, 0.25) is 0 Å². The fourth-order valence-electron chi connectivity index (χ4n) is 1.43. The Labute approximate surface area is 113 Å². The lowest BCUT2D eigenvalue weighted by Gasteiger charge is -2.14. The maximum Gasteiger partial charge on any atom is 0.408 e. The Morgan fingerprint density at radius 2 is 2.15 bits per heavy atom. The molecule has 0 bridgehead atoms. The van der Waals surface area contributed by atoms with Crippen molar-refractivity contribution in [1.29, 1.82) is 0 Å². The highest BCUT2D eigenvalue weighted by Crippen LogP contribution is 2.12. The van der Waals surface area contributed by atoms with Crippen molar-refractivity contribution in [2.24, 2.45) is 0 Å². The fraction of sp³-hybridized carbons (Fsp3) is 0.231. The first-order chi connectivity index (χ1) is 9.43. The van der Waals surface area contributed by atoms with Gasteiger partial charge in [0.1, 0.15) is 24.3 Å². The van der Waals surface area contributed by atoms with Crippen molar-refractivity contribution in [1.82, 2.24) is 5.32 Å². The molecule has 1 aromatic rings. The van der Waals surface area contributed by atoms with E-state index >= 15 is 0 Å². The Bertz CT molecular complexity index is 519. The SMILES string of the molecule is C=CCOC(=O)NC(Cc1ccc(F)cc1F)C(=O)O. The molecule has 0 aliphatic carbocycles. The molecule has 0 saturated carbocycles. The summed E-state index contributed by atoms with van der Waals surface area (Å²) in [6.07, 6.45) is 0.0272. The van der Waals surface area contributed by atoms with Gasteiger partial charge >= 0.3 is 12.1 Å². The number of carbonyl (C=O) groups excluding carboxylic acids is 1. The van der Waals surface area contributed by atoms with Gasteiger partial charge in [0, 0.05) is 12.5 Å². The van der Waals surface area contributed by atoms with Crippen molar-refractivity contribution < 1.29 is 28.2 Å². The van der Waals surface area contributed by atoms with Gasteiger partial charge in [-0.25, -0.2) is 18.4 Å². The zero-order valence-electron chi connectivity index (χ0n) is 10.4. The lowest BCUT2D eigenvalue weighted by molar-refractivity contribution is -0.139. The molecule has 1 rings (SSSR count). The summed E-state index contributed by atoms with van der Waals surface area (Å²) in [4.78, 5) is 22.3. The van der Waals surface area contributed by atoms with Gasteiger partial charge in [-0.2, -0.15) is 0 Å². The second-order valence-corrected chi connectivity index (χ2v) is 3.86. The third-order valence-corrected chi connectivity index (χ3v) is 2.36. The van der Waals surface area contributed by atoms with Crippen LogP contribution in [0.1, 0.15) is 5.56 Å². The van der Waals surface area contributed by atoms with Crippen LogP contribution >= 0.6 is 0 Å². The van der Waals surface area contributed by atoms with E-state index in [9.17, 15) is 18.4 Å². The highest BCUT2D eigenvalue weighted by atomic mass is 19.1. The van der Waals surface area contributed by atoms with Crippen LogP contribution in [0, 0.1) is 11.6 Å². The van der Waals surface area contributed by atoms with E-state index in [0.717, 1.165) is 12.1 Å². The number of hydrogen-bond donors (Lipinski definition) is 2. The van der Waals surface area contributed by atoms with Crippen molar-refractivity contribution in [3.05, 3.63) is 48.1 Å². The van der Waals surface area contributed by atoms with Crippen LogP contribution in [0.15, 0.2) is 30.9 Å². The van der Waals surface area contributed by atoms with E-state index in [1.165, 1.54) is 6.08 Å². The first-order valence-electron chi connectivity index (χ1n) is 5.65. The van der Waals surface area contributed by atoms with Gasteiger partial charge in [-0.1, -0.05) is 18.7 Å². The van der Waals surface area contributed by atoms with Crippen molar-refractivity contribution in [2.75, 3.05) is 6.61 Å². The van der Waals surface area contributed by atoms with E-state index in [2.05, 4.69) is 16.6 Å². The van der Waals surface area contributed by atoms with Crippen LogP contribution in [0.3, 0.4) is 0 Å². The summed E-state index contributed by atoms with van der Waals surface area (Å²) in [5.74, 6) is -3.00. The highest BCUT2D eigenvalue weighted by molar-refractivity contribution is 5.80. The zero-order valence-corrected chi connectivity index (χ0v) is 10.4. The van der Waals surface area contributed by atoms with Gasteiger partial charge in [0.25, 0.3) is 0 Å². The van der Waals surface area contributed by atoms with Crippen LogP contribution in [0.5, 0.6) is 0 Å². The van der Waals surface area contributed by atoms with Gasteiger partial charge in [0.15, 0.2) is 0 Å². The molecule has 1 aromatic carbocycles. The molecular formula is C13H13F2NO4. The molecule has 1 atom stereocenters.